The van der Waals surface area contributed by atoms with E-state index in [2.05, 4.69) is 203 Å². The first-order valence-electron chi connectivity index (χ1n) is 20.4. The third-order valence-corrected chi connectivity index (χ3v) is 10.3. The van der Waals surface area contributed by atoms with Gasteiger partial charge in [0.25, 0.3) is 0 Å². The van der Waals surface area contributed by atoms with Crippen molar-refractivity contribution in [2.24, 2.45) is 11.8 Å². The van der Waals surface area contributed by atoms with Gasteiger partial charge >= 0.3 is 0 Å². The summed E-state index contributed by atoms with van der Waals surface area (Å²) in [6.07, 6.45) is 17.6. The van der Waals surface area contributed by atoms with Gasteiger partial charge in [-0.25, -0.2) is 0 Å². The second-order valence-electron chi connectivity index (χ2n) is 15.4. The molecule has 3 heteroatoms. The monoisotopic (exact) mass is 751 g/mol. The van der Waals surface area contributed by atoms with Gasteiger partial charge in [-0.05, 0) is 96.0 Å². The Morgan fingerprint density at radius 1 is 0.491 bits per heavy atom. The molecule has 3 nitrogen and oxygen atoms in total. The van der Waals surface area contributed by atoms with Crippen molar-refractivity contribution in [1.82, 2.24) is 0 Å². The molecule has 0 N–H and O–H groups in total. The Balaban J connectivity index is 1.23. The highest BCUT2D eigenvalue weighted by Gasteiger charge is 2.14. The van der Waals surface area contributed by atoms with E-state index in [0.717, 1.165) is 68.7 Å². The summed E-state index contributed by atoms with van der Waals surface area (Å²) in [6, 6.07) is 51.1. The van der Waals surface area contributed by atoms with Crippen molar-refractivity contribution in [2.45, 2.75) is 53.4 Å². The zero-order valence-corrected chi connectivity index (χ0v) is 34.3. The molecular weight excluding hydrogens is 695 g/mol. The van der Waals surface area contributed by atoms with Crippen LogP contribution in [-0.4, -0.2) is 13.7 Å². The maximum atomic E-state index is 6.54. The Labute approximate surface area is 341 Å². The highest BCUT2D eigenvalue weighted by Crippen LogP contribution is 2.36. The van der Waals surface area contributed by atoms with Crippen LogP contribution in [0.4, 0.5) is 17.1 Å². The molecule has 0 radical (unpaired) electrons. The molecule has 0 amide bonds. The topological polar surface area (TPSA) is 21.7 Å². The number of rotatable bonds is 18. The Hall–Kier alpha value is -6.06. The number of ether oxygens (including phenoxy) is 2. The van der Waals surface area contributed by atoms with Crippen LogP contribution in [0.2, 0.25) is 0 Å². The van der Waals surface area contributed by atoms with E-state index in [9.17, 15) is 0 Å². The Bertz CT molecular complexity index is 2200. The van der Waals surface area contributed by atoms with Gasteiger partial charge in [-0.2, -0.15) is 0 Å². The minimum atomic E-state index is 0.621. The van der Waals surface area contributed by atoms with Gasteiger partial charge in [0.15, 0.2) is 0 Å². The summed E-state index contributed by atoms with van der Waals surface area (Å²) in [5.41, 5.74) is 11.1. The molecule has 0 fully saturated rings. The first-order valence-corrected chi connectivity index (χ1v) is 20.4. The van der Waals surface area contributed by atoms with Crippen LogP contribution in [-0.2, 0) is 0 Å². The predicted molar refractivity (Wildman–Crippen MR) is 246 cm³/mol. The molecule has 1 unspecified atom stereocenters. The van der Waals surface area contributed by atoms with E-state index >= 15 is 0 Å². The van der Waals surface area contributed by atoms with Crippen LogP contribution >= 0.6 is 0 Å². The summed E-state index contributed by atoms with van der Waals surface area (Å²) < 4.78 is 12.5. The molecule has 0 bridgehead atoms. The summed E-state index contributed by atoms with van der Waals surface area (Å²) in [7, 11) is 1.73. The highest BCUT2D eigenvalue weighted by molar-refractivity contribution is 5.81. The summed E-state index contributed by atoms with van der Waals surface area (Å²) >= 11 is 0. The third-order valence-electron chi connectivity index (χ3n) is 10.3. The zero-order chi connectivity index (χ0) is 39.8. The minimum Gasteiger partial charge on any atom is -0.496 e. The number of nitrogens with zero attached hydrogens (tertiary/aromatic N) is 1. The van der Waals surface area contributed by atoms with E-state index in [1.807, 2.05) is 12.1 Å². The normalized spacial score (nSPS) is 12.2. The molecule has 1 atom stereocenters. The number of methoxy groups -OCH3 is 1. The van der Waals surface area contributed by atoms with Crippen LogP contribution in [0.5, 0.6) is 11.5 Å². The van der Waals surface area contributed by atoms with E-state index in [1.165, 1.54) is 30.4 Å². The van der Waals surface area contributed by atoms with Crippen molar-refractivity contribution in [3.8, 4) is 11.5 Å². The quantitative estimate of drug-likeness (QED) is 0.0816. The number of aryl methyl sites for hydroxylation is 1. The van der Waals surface area contributed by atoms with Crippen molar-refractivity contribution >= 4 is 53.5 Å². The largest absolute Gasteiger partial charge is 0.496 e. The average Bonchev–Trinajstić information content (AvgIpc) is 3.24. The number of hydrogen-bond donors (Lipinski definition) is 0. The van der Waals surface area contributed by atoms with Gasteiger partial charge in [0.2, 0.25) is 0 Å². The SMILES string of the molecule is COc1cc(C=Cc2ccccc2)c(OCCC(C)CCCC(C)C)cc1C=Cc1ccc(N(c2ccc(C)cc2)c2ccc(C=Cc3ccccc3)cc2)cc1. The molecule has 57 heavy (non-hydrogen) atoms. The van der Waals surface area contributed by atoms with Crippen molar-refractivity contribution in [1.29, 1.82) is 0 Å². The second kappa shape index (κ2) is 20.7. The van der Waals surface area contributed by atoms with Crippen molar-refractivity contribution < 1.29 is 9.47 Å². The van der Waals surface area contributed by atoms with Crippen LogP contribution < -0.4 is 14.4 Å². The molecule has 0 heterocycles. The molecule has 0 aromatic heterocycles. The molecule has 0 aliphatic heterocycles. The molecule has 0 aliphatic rings. The predicted octanol–water partition coefficient (Wildman–Crippen LogP) is 15.2. The molecule has 0 aliphatic carbocycles. The highest BCUT2D eigenvalue weighted by atomic mass is 16.5. The summed E-state index contributed by atoms with van der Waals surface area (Å²) in [4.78, 5) is 2.30. The summed E-state index contributed by atoms with van der Waals surface area (Å²) in [5, 5.41) is 0. The maximum absolute atomic E-state index is 6.54. The van der Waals surface area contributed by atoms with Gasteiger partial charge in [-0.3, -0.25) is 0 Å². The van der Waals surface area contributed by atoms with Gasteiger partial charge in [0.05, 0.1) is 13.7 Å². The van der Waals surface area contributed by atoms with Crippen molar-refractivity contribution in [2.75, 3.05) is 18.6 Å². The van der Waals surface area contributed by atoms with Crippen LogP contribution in [0.15, 0.2) is 146 Å². The number of benzene rings is 6. The van der Waals surface area contributed by atoms with Crippen molar-refractivity contribution in [3.63, 3.8) is 0 Å². The van der Waals surface area contributed by atoms with Gasteiger partial charge < -0.3 is 14.4 Å². The van der Waals surface area contributed by atoms with Crippen LogP contribution in [0.1, 0.15) is 85.4 Å². The van der Waals surface area contributed by atoms with Gasteiger partial charge in [-0.1, -0.05) is 179 Å². The molecule has 0 saturated heterocycles. The fraction of sp³-hybridized carbons (Fsp3) is 0.222. The van der Waals surface area contributed by atoms with E-state index in [1.54, 1.807) is 7.11 Å². The summed E-state index contributed by atoms with van der Waals surface area (Å²) in [6.45, 7) is 9.75. The summed E-state index contributed by atoms with van der Waals surface area (Å²) in [5.74, 6) is 3.04. The standard InChI is InChI=1S/C54H57NO2/c1-41(2)13-12-14-42(3)37-38-57-54-40-48(53(56-5)39-49(54)30-23-45-17-10-7-11-18-45)29-24-47-27-35-52(36-28-47)55(50-31-19-43(4)20-32-50)51-33-25-46(26-34-51)22-21-44-15-8-6-9-16-44/h6-11,15-36,39-42H,12-14,37-38H2,1-5H3. The van der Waals surface area contributed by atoms with E-state index < -0.39 is 0 Å². The van der Waals surface area contributed by atoms with Crippen molar-refractivity contribution in [3.05, 3.63) is 185 Å². The lowest BCUT2D eigenvalue weighted by Crippen LogP contribution is -2.09. The van der Waals surface area contributed by atoms with Crippen LogP contribution in [0.25, 0.3) is 36.5 Å². The first kappa shape index (κ1) is 40.6. The lowest BCUT2D eigenvalue weighted by Gasteiger charge is -2.26. The molecule has 290 valence electrons. The molecular formula is C54H57NO2. The lowest BCUT2D eigenvalue weighted by atomic mass is 9.97. The van der Waals surface area contributed by atoms with E-state index in [4.69, 9.17) is 9.47 Å². The Morgan fingerprint density at radius 3 is 1.42 bits per heavy atom. The molecule has 6 rings (SSSR count). The molecule has 0 spiro atoms. The number of hydrogen-bond acceptors (Lipinski definition) is 3. The van der Waals surface area contributed by atoms with Gasteiger partial charge in [0.1, 0.15) is 11.5 Å². The fourth-order valence-electron chi connectivity index (χ4n) is 6.85. The molecule has 6 aromatic rings. The fourth-order valence-corrected chi connectivity index (χ4v) is 6.85. The maximum Gasteiger partial charge on any atom is 0.127 e. The van der Waals surface area contributed by atoms with E-state index in [0.29, 0.717) is 12.5 Å². The second-order valence-corrected chi connectivity index (χ2v) is 15.4. The average molecular weight is 752 g/mol. The number of anilines is 3. The first-order chi connectivity index (χ1) is 27.8. The third kappa shape index (κ3) is 12.2. The van der Waals surface area contributed by atoms with E-state index in [-0.39, 0.29) is 0 Å². The van der Waals surface area contributed by atoms with Crippen LogP contribution in [0, 0.1) is 18.8 Å². The lowest BCUT2D eigenvalue weighted by molar-refractivity contribution is 0.275. The van der Waals surface area contributed by atoms with Crippen LogP contribution in [0.3, 0.4) is 0 Å². The van der Waals surface area contributed by atoms with Gasteiger partial charge in [-0.15, -0.1) is 0 Å². The zero-order valence-electron chi connectivity index (χ0n) is 34.3. The Morgan fingerprint density at radius 2 is 0.930 bits per heavy atom. The Kier molecular flexibility index (Phi) is 14.8. The molecule has 0 saturated carbocycles. The molecule has 6 aromatic carbocycles. The minimum absolute atomic E-state index is 0.621. The van der Waals surface area contributed by atoms with Gasteiger partial charge in [0, 0.05) is 28.2 Å². The smallest absolute Gasteiger partial charge is 0.127 e.